The van der Waals surface area contributed by atoms with Gasteiger partial charge in [-0.15, -0.1) is 0 Å². The summed E-state index contributed by atoms with van der Waals surface area (Å²) in [4.78, 5) is 1.96. The lowest BCUT2D eigenvalue weighted by Gasteiger charge is -2.19. The smallest absolute Gasteiger partial charge is 0.142 e. The maximum Gasteiger partial charge on any atom is 0.142 e. The Morgan fingerprint density at radius 3 is 2.19 bits per heavy atom. The van der Waals surface area contributed by atoms with Gasteiger partial charge >= 0.3 is 0 Å². The van der Waals surface area contributed by atoms with Gasteiger partial charge in [-0.05, 0) is 12.5 Å². The lowest BCUT2D eigenvalue weighted by atomic mass is 10.1. The van der Waals surface area contributed by atoms with Gasteiger partial charge in [-0.2, -0.15) is 0 Å². The minimum absolute atomic E-state index is 0.0980. The van der Waals surface area contributed by atoms with Crippen molar-refractivity contribution in [3.63, 3.8) is 0 Å². The number of aliphatic hydroxyl groups is 1. The van der Waals surface area contributed by atoms with E-state index in [1.165, 1.54) is 0 Å². The van der Waals surface area contributed by atoms with Crippen LogP contribution in [0.5, 0.6) is 11.5 Å². The van der Waals surface area contributed by atoms with Crippen LogP contribution in [0.25, 0.3) is 0 Å². The Bertz CT molecular complexity index is 350. The lowest BCUT2D eigenvalue weighted by molar-refractivity contribution is 0.296. The topological polar surface area (TPSA) is 41.9 Å². The molecule has 0 atom stereocenters. The van der Waals surface area contributed by atoms with E-state index in [0.717, 1.165) is 22.7 Å². The van der Waals surface area contributed by atoms with Gasteiger partial charge in [0.2, 0.25) is 0 Å². The van der Waals surface area contributed by atoms with Crippen molar-refractivity contribution in [2.75, 3.05) is 39.8 Å². The summed E-state index contributed by atoms with van der Waals surface area (Å²) in [5.41, 5.74) is 1.91. The van der Waals surface area contributed by atoms with Crippen molar-refractivity contribution in [2.45, 2.75) is 6.42 Å². The molecule has 0 saturated heterocycles. The molecular formula is C12H19NO3. The third-order valence-corrected chi connectivity index (χ3v) is 2.44. The molecule has 4 nitrogen and oxygen atoms in total. The second-order valence-corrected chi connectivity index (χ2v) is 3.70. The number of nitrogens with zero attached hydrogens (tertiary/aromatic N) is 1. The molecule has 0 saturated carbocycles. The molecule has 1 rings (SSSR count). The zero-order valence-electron chi connectivity index (χ0n) is 10.3. The number of methoxy groups -OCH3 is 2. The number of rotatable bonds is 5. The van der Waals surface area contributed by atoms with Gasteiger partial charge in [0, 0.05) is 32.3 Å². The molecule has 0 aliphatic heterocycles. The Morgan fingerprint density at radius 2 is 1.75 bits per heavy atom. The fourth-order valence-electron chi connectivity index (χ4n) is 1.61. The van der Waals surface area contributed by atoms with E-state index in [4.69, 9.17) is 14.6 Å². The zero-order chi connectivity index (χ0) is 12.1. The summed E-state index contributed by atoms with van der Waals surface area (Å²) in [7, 11) is 7.16. The van der Waals surface area contributed by atoms with Crippen LogP contribution in [0, 0.1) is 0 Å². The van der Waals surface area contributed by atoms with Gasteiger partial charge in [0.25, 0.3) is 0 Å². The van der Waals surface area contributed by atoms with E-state index < -0.39 is 0 Å². The number of hydrogen-bond acceptors (Lipinski definition) is 4. The third kappa shape index (κ3) is 2.58. The van der Waals surface area contributed by atoms with Crippen LogP contribution in [-0.2, 0) is 6.42 Å². The predicted octanol–water partition coefficient (Wildman–Crippen LogP) is 1.30. The average Bonchev–Trinajstić information content (AvgIpc) is 2.28. The van der Waals surface area contributed by atoms with Crippen molar-refractivity contribution in [2.24, 2.45) is 0 Å². The van der Waals surface area contributed by atoms with E-state index >= 15 is 0 Å². The van der Waals surface area contributed by atoms with Gasteiger partial charge in [-0.3, -0.25) is 0 Å². The van der Waals surface area contributed by atoms with E-state index in [0.29, 0.717) is 6.42 Å². The molecule has 0 aliphatic carbocycles. The summed E-state index contributed by atoms with van der Waals surface area (Å²) in [6, 6.07) is 3.83. The number of hydrogen-bond donors (Lipinski definition) is 1. The van der Waals surface area contributed by atoms with Gasteiger partial charge in [-0.1, -0.05) is 0 Å². The first-order chi connectivity index (χ1) is 7.63. The minimum Gasteiger partial charge on any atom is -0.496 e. The molecule has 1 aromatic carbocycles. The molecule has 0 aliphatic rings. The Labute approximate surface area is 96.4 Å². The maximum atomic E-state index is 8.97. The fraction of sp³-hybridized carbons (Fsp3) is 0.500. The molecule has 0 unspecified atom stereocenters. The molecule has 0 spiro atoms. The minimum atomic E-state index is 0.0980. The van der Waals surface area contributed by atoms with Crippen LogP contribution < -0.4 is 14.4 Å². The molecule has 0 radical (unpaired) electrons. The average molecular weight is 225 g/mol. The van der Waals surface area contributed by atoms with Crippen LogP contribution in [-0.4, -0.2) is 40.0 Å². The summed E-state index contributed by atoms with van der Waals surface area (Å²) in [5, 5.41) is 8.97. The molecule has 0 fully saturated rings. The van der Waals surface area contributed by atoms with Crippen molar-refractivity contribution >= 4 is 5.69 Å². The third-order valence-electron chi connectivity index (χ3n) is 2.44. The Hall–Kier alpha value is -1.42. The number of benzene rings is 1. The Balaban J connectivity index is 3.22. The quantitative estimate of drug-likeness (QED) is 0.820. The van der Waals surface area contributed by atoms with Gasteiger partial charge in [-0.25, -0.2) is 0 Å². The summed E-state index contributed by atoms with van der Waals surface area (Å²) in [6.07, 6.45) is 0.563. The summed E-state index contributed by atoms with van der Waals surface area (Å²) >= 11 is 0. The fourth-order valence-corrected chi connectivity index (χ4v) is 1.61. The molecule has 0 aromatic heterocycles. The normalized spacial score (nSPS) is 10.1. The van der Waals surface area contributed by atoms with Gasteiger partial charge < -0.3 is 19.5 Å². The number of anilines is 1. The van der Waals surface area contributed by atoms with Crippen LogP contribution in [0.4, 0.5) is 5.69 Å². The molecule has 0 amide bonds. The van der Waals surface area contributed by atoms with E-state index in [9.17, 15) is 0 Å². The Kier molecular flexibility index (Phi) is 4.43. The highest BCUT2D eigenvalue weighted by atomic mass is 16.5. The van der Waals surface area contributed by atoms with Gasteiger partial charge in [0.15, 0.2) is 0 Å². The number of ether oxygens (including phenoxy) is 2. The van der Waals surface area contributed by atoms with Crippen LogP contribution >= 0.6 is 0 Å². The predicted molar refractivity (Wildman–Crippen MR) is 64.7 cm³/mol. The summed E-state index contributed by atoms with van der Waals surface area (Å²) in [6.45, 7) is 0.0980. The molecule has 1 N–H and O–H groups in total. The molecule has 16 heavy (non-hydrogen) atoms. The van der Waals surface area contributed by atoms with Crippen LogP contribution in [0.1, 0.15) is 5.56 Å². The molecule has 90 valence electrons. The van der Waals surface area contributed by atoms with E-state index in [2.05, 4.69) is 0 Å². The largest absolute Gasteiger partial charge is 0.496 e. The first-order valence-corrected chi connectivity index (χ1v) is 5.17. The summed E-state index contributed by atoms with van der Waals surface area (Å²) in [5.74, 6) is 1.56. The maximum absolute atomic E-state index is 8.97. The molecule has 0 bridgehead atoms. The van der Waals surface area contributed by atoms with E-state index in [1.54, 1.807) is 14.2 Å². The first kappa shape index (κ1) is 12.6. The number of aliphatic hydroxyl groups excluding tert-OH is 1. The molecule has 1 aromatic rings. The van der Waals surface area contributed by atoms with Crippen molar-refractivity contribution in [1.29, 1.82) is 0 Å². The van der Waals surface area contributed by atoms with Crippen molar-refractivity contribution < 1.29 is 14.6 Å². The highest BCUT2D eigenvalue weighted by Gasteiger charge is 2.12. The van der Waals surface area contributed by atoms with Crippen molar-refractivity contribution in [1.82, 2.24) is 0 Å². The highest BCUT2D eigenvalue weighted by Crippen LogP contribution is 2.34. The second-order valence-electron chi connectivity index (χ2n) is 3.70. The first-order valence-electron chi connectivity index (χ1n) is 5.17. The second kappa shape index (κ2) is 5.61. The van der Waals surface area contributed by atoms with Crippen molar-refractivity contribution in [3.8, 4) is 11.5 Å². The Morgan fingerprint density at radius 1 is 1.12 bits per heavy atom. The van der Waals surface area contributed by atoms with Gasteiger partial charge in [0.05, 0.1) is 19.9 Å². The zero-order valence-corrected chi connectivity index (χ0v) is 10.3. The summed E-state index contributed by atoms with van der Waals surface area (Å²) < 4.78 is 10.6. The standard InChI is InChI=1S/C12H19NO3/c1-13(2)10-8-11(15-3)9(5-6-14)7-12(10)16-4/h7-8,14H,5-6H2,1-4H3. The lowest BCUT2D eigenvalue weighted by Crippen LogP contribution is -2.11. The monoisotopic (exact) mass is 225 g/mol. The highest BCUT2D eigenvalue weighted by molar-refractivity contribution is 5.63. The van der Waals surface area contributed by atoms with E-state index in [-0.39, 0.29) is 6.61 Å². The van der Waals surface area contributed by atoms with Crippen LogP contribution in [0.15, 0.2) is 12.1 Å². The van der Waals surface area contributed by atoms with E-state index in [1.807, 2.05) is 31.1 Å². The van der Waals surface area contributed by atoms with Crippen LogP contribution in [0.3, 0.4) is 0 Å². The molecule has 0 heterocycles. The van der Waals surface area contributed by atoms with Crippen molar-refractivity contribution in [3.05, 3.63) is 17.7 Å². The molecule has 4 heteroatoms. The molecular weight excluding hydrogens is 206 g/mol. The SMILES string of the molecule is COc1cc(N(C)C)c(OC)cc1CCO. The van der Waals surface area contributed by atoms with Gasteiger partial charge in [0.1, 0.15) is 11.5 Å². The van der Waals surface area contributed by atoms with Crippen LogP contribution in [0.2, 0.25) is 0 Å².